The summed E-state index contributed by atoms with van der Waals surface area (Å²) in [5, 5.41) is 20.1. The number of aromatic nitrogens is 2. The van der Waals surface area contributed by atoms with Gasteiger partial charge in [0, 0.05) is 11.3 Å². The highest BCUT2D eigenvalue weighted by atomic mass is 32.2. The summed E-state index contributed by atoms with van der Waals surface area (Å²) in [4.78, 5) is 28.3. The molecule has 0 bridgehead atoms. The predicted molar refractivity (Wildman–Crippen MR) is 156 cm³/mol. The van der Waals surface area contributed by atoms with Gasteiger partial charge >= 0.3 is 5.91 Å². The molecule has 1 unspecified atom stereocenters. The fraction of sp³-hybridized carbons (Fsp3) is 0.200. The summed E-state index contributed by atoms with van der Waals surface area (Å²) in [6.07, 6.45) is 0. The molecular weight excluding hydrogens is 546 g/mol. The van der Waals surface area contributed by atoms with E-state index in [1.165, 1.54) is 28.0 Å². The summed E-state index contributed by atoms with van der Waals surface area (Å²) >= 11 is 2.72. The molecule has 4 aromatic rings. The van der Waals surface area contributed by atoms with Gasteiger partial charge in [-0.05, 0) is 37.1 Å². The normalized spacial score (nSPS) is 16.4. The van der Waals surface area contributed by atoms with E-state index >= 15 is 0 Å². The Morgan fingerprint density at radius 1 is 0.925 bits per heavy atom. The zero-order valence-electron chi connectivity index (χ0n) is 21.9. The standard InChI is InChI=1S/C30H27N3O5S2/c1-3-37-22-16-15-21(17-23(22)38-4-2)25-24(26(34)20-13-9-6-10-14-20)27(35)28(36)33(25)29-31-32-30(40-29)39-18-19-11-7-5-8-12-19/h5-17,25,34H,3-4,18H2,1-2H3. The minimum Gasteiger partial charge on any atom is -0.507 e. The van der Waals surface area contributed by atoms with Crippen LogP contribution in [0.15, 0.2) is 88.8 Å². The first-order valence-corrected chi connectivity index (χ1v) is 14.6. The van der Waals surface area contributed by atoms with Crippen molar-refractivity contribution in [2.24, 2.45) is 0 Å². The largest absolute Gasteiger partial charge is 0.507 e. The summed E-state index contributed by atoms with van der Waals surface area (Å²) in [6, 6.07) is 23.0. The number of carbonyl (C=O) groups excluding carboxylic acids is 2. The molecule has 2 heterocycles. The van der Waals surface area contributed by atoms with Crippen molar-refractivity contribution in [2.45, 2.75) is 30.0 Å². The lowest BCUT2D eigenvalue weighted by Gasteiger charge is -2.23. The van der Waals surface area contributed by atoms with Gasteiger partial charge in [0.05, 0.1) is 24.8 Å². The van der Waals surface area contributed by atoms with Gasteiger partial charge in [-0.1, -0.05) is 89.8 Å². The van der Waals surface area contributed by atoms with Crippen LogP contribution in [0.5, 0.6) is 11.5 Å². The highest BCUT2D eigenvalue weighted by Crippen LogP contribution is 2.45. The van der Waals surface area contributed by atoms with Gasteiger partial charge in [0.15, 0.2) is 15.8 Å². The van der Waals surface area contributed by atoms with E-state index in [4.69, 9.17) is 9.47 Å². The quantitative estimate of drug-likeness (QED) is 0.0781. The van der Waals surface area contributed by atoms with Gasteiger partial charge in [-0.25, -0.2) is 0 Å². The van der Waals surface area contributed by atoms with Crippen LogP contribution in [0.4, 0.5) is 5.13 Å². The SMILES string of the molecule is CCOc1ccc(C2C(=C(O)c3ccccc3)C(=O)C(=O)N2c2nnc(SCc3ccccc3)s2)cc1OCC. The molecule has 0 spiro atoms. The summed E-state index contributed by atoms with van der Waals surface area (Å²) in [5.74, 6) is -0.145. The van der Waals surface area contributed by atoms with Gasteiger partial charge in [-0.2, -0.15) is 0 Å². The van der Waals surface area contributed by atoms with E-state index < -0.39 is 17.7 Å². The third-order valence-corrected chi connectivity index (χ3v) is 8.31. The molecule has 8 nitrogen and oxygen atoms in total. The Morgan fingerprint density at radius 3 is 2.30 bits per heavy atom. The number of benzene rings is 3. The lowest BCUT2D eigenvalue weighted by Crippen LogP contribution is -2.29. The molecule has 0 saturated carbocycles. The van der Waals surface area contributed by atoms with Crippen LogP contribution in [0.2, 0.25) is 0 Å². The molecule has 1 fully saturated rings. The van der Waals surface area contributed by atoms with Gasteiger partial charge < -0.3 is 14.6 Å². The van der Waals surface area contributed by atoms with Crippen LogP contribution in [0.1, 0.15) is 36.6 Å². The van der Waals surface area contributed by atoms with E-state index in [0.717, 1.165) is 5.56 Å². The van der Waals surface area contributed by atoms with E-state index in [-0.39, 0.29) is 16.5 Å². The number of ketones is 1. The van der Waals surface area contributed by atoms with Crippen molar-refractivity contribution in [3.63, 3.8) is 0 Å². The van der Waals surface area contributed by atoms with Crippen LogP contribution >= 0.6 is 23.1 Å². The van der Waals surface area contributed by atoms with Gasteiger partial charge in [0.2, 0.25) is 5.13 Å². The van der Waals surface area contributed by atoms with Gasteiger partial charge in [0.25, 0.3) is 5.78 Å². The number of thioether (sulfide) groups is 1. The number of rotatable bonds is 10. The van der Waals surface area contributed by atoms with Crippen molar-refractivity contribution < 1.29 is 24.2 Å². The Labute approximate surface area is 240 Å². The van der Waals surface area contributed by atoms with Crippen molar-refractivity contribution in [1.82, 2.24) is 10.2 Å². The Bertz CT molecular complexity index is 1540. The highest BCUT2D eigenvalue weighted by molar-refractivity contribution is 8.00. The van der Waals surface area contributed by atoms with E-state index in [9.17, 15) is 14.7 Å². The first-order chi connectivity index (χ1) is 19.5. The molecule has 1 atom stereocenters. The molecule has 1 N–H and O–H groups in total. The maximum atomic E-state index is 13.5. The van der Waals surface area contributed by atoms with E-state index in [1.54, 1.807) is 42.5 Å². The third kappa shape index (κ3) is 5.59. The predicted octanol–water partition coefficient (Wildman–Crippen LogP) is 6.25. The number of hydrogen-bond acceptors (Lipinski definition) is 9. The van der Waals surface area contributed by atoms with Gasteiger partial charge in [-0.15, -0.1) is 10.2 Å². The zero-order valence-corrected chi connectivity index (χ0v) is 23.6. The Kier molecular flexibility index (Phi) is 8.47. The van der Waals surface area contributed by atoms with Crippen LogP contribution in [0, 0.1) is 0 Å². The fourth-order valence-electron chi connectivity index (χ4n) is 4.41. The van der Waals surface area contributed by atoms with Crippen LogP contribution < -0.4 is 14.4 Å². The number of aliphatic hydroxyl groups is 1. The van der Waals surface area contributed by atoms with Crippen molar-refractivity contribution in [1.29, 1.82) is 0 Å². The molecule has 0 radical (unpaired) electrons. The number of carbonyl (C=O) groups is 2. The van der Waals surface area contributed by atoms with Crippen LogP contribution in [0.3, 0.4) is 0 Å². The zero-order chi connectivity index (χ0) is 28.1. The van der Waals surface area contributed by atoms with Crippen molar-refractivity contribution >= 4 is 45.7 Å². The number of nitrogens with zero attached hydrogens (tertiary/aromatic N) is 3. The van der Waals surface area contributed by atoms with Crippen LogP contribution in [-0.4, -0.2) is 40.2 Å². The summed E-state index contributed by atoms with van der Waals surface area (Å²) in [5.41, 5.74) is 2.09. The smallest absolute Gasteiger partial charge is 0.301 e. The molecule has 0 aliphatic carbocycles. The molecule has 3 aromatic carbocycles. The molecule has 1 saturated heterocycles. The van der Waals surface area contributed by atoms with Gasteiger partial charge in [0.1, 0.15) is 5.76 Å². The number of hydrogen-bond donors (Lipinski definition) is 1. The molecule has 1 amide bonds. The van der Waals surface area contributed by atoms with Crippen LogP contribution in [0.25, 0.3) is 5.76 Å². The topological polar surface area (TPSA) is 102 Å². The fourth-order valence-corrected chi connectivity index (χ4v) is 6.24. The van der Waals surface area contributed by atoms with Crippen molar-refractivity contribution in [3.05, 3.63) is 101 Å². The first-order valence-electron chi connectivity index (χ1n) is 12.8. The summed E-state index contributed by atoms with van der Waals surface area (Å²) < 4.78 is 12.2. The second-order valence-electron chi connectivity index (χ2n) is 8.73. The Morgan fingerprint density at radius 2 is 1.60 bits per heavy atom. The minimum atomic E-state index is -0.949. The maximum absolute atomic E-state index is 13.5. The van der Waals surface area contributed by atoms with Crippen molar-refractivity contribution in [3.8, 4) is 11.5 Å². The average Bonchev–Trinajstić information content (AvgIpc) is 3.55. The molecule has 204 valence electrons. The lowest BCUT2D eigenvalue weighted by molar-refractivity contribution is -0.132. The van der Waals surface area contributed by atoms with E-state index in [0.29, 0.717) is 45.9 Å². The molecule has 1 aliphatic heterocycles. The molecular formula is C30H27N3O5S2. The monoisotopic (exact) mass is 573 g/mol. The van der Waals surface area contributed by atoms with Crippen LogP contribution in [-0.2, 0) is 15.3 Å². The molecule has 10 heteroatoms. The number of amides is 1. The van der Waals surface area contributed by atoms with Crippen molar-refractivity contribution in [2.75, 3.05) is 18.1 Å². The number of aliphatic hydroxyl groups excluding tert-OH is 1. The summed E-state index contributed by atoms with van der Waals surface area (Å²) in [6.45, 7) is 4.58. The van der Waals surface area contributed by atoms with Gasteiger partial charge in [-0.3, -0.25) is 14.5 Å². The number of ether oxygens (including phenoxy) is 2. The first kappa shape index (κ1) is 27.4. The maximum Gasteiger partial charge on any atom is 0.301 e. The number of Topliss-reactive ketones (excluding diaryl/α,β-unsaturated/α-hetero) is 1. The Hall–Kier alpha value is -4.15. The lowest BCUT2D eigenvalue weighted by atomic mass is 9.95. The molecule has 1 aromatic heterocycles. The molecule has 5 rings (SSSR count). The van der Waals surface area contributed by atoms with E-state index in [1.807, 2.05) is 50.2 Å². The average molecular weight is 574 g/mol. The number of anilines is 1. The Balaban J connectivity index is 1.58. The second kappa shape index (κ2) is 12.4. The van der Waals surface area contributed by atoms with E-state index in [2.05, 4.69) is 10.2 Å². The molecule has 1 aliphatic rings. The third-order valence-electron chi connectivity index (χ3n) is 6.18. The second-order valence-corrected chi connectivity index (χ2v) is 10.9. The minimum absolute atomic E-state index is 0.0310. The molecule has 40 heavy (non-hydrogen) atoms. The summed E-state index contributed by atoms with van der Waals surface area (Å²) in [7, 11) is 0. The highest BCUT2D eigenvalue weighted by Gasteiger charge is 2.48.